The molecule has 2 heterocycles. The van der Waals surface area contributed by atoms with Gasteiger partial charge in [0.2, 0.25) is 0 Å². The molecular formula is C23H25N3O3. The molecular weight excluding hydrogens is 366 g/mol. The zero-order valence-corrected chi connectivity index (χ0v) is 16.7. The Labute approximate surface area is 170 Å². The molecule has 0 amide bonds. The largest absolute Gasteiger partial charge is 0.493 e. The van der Waals surface area contributed by atoms with E-state index in [2.05, 4.69) is 34.3 Å². The monoisotopic (exact) mass is 391 g/mol. The minimum atomic E-state index is -0.0996. The van der Waals surface area contributed by atoms with Gasteiger partial charge in [-0.3, -0.25) is 9.69 Å². The normalized spacial score (nSPS) is 16.7. The van der Waals surface area contributed by atoms with Crippen molar-refractivity contribution in [1.29, 1.82) is 0 Å². The van der Waals surface area contributed by atoms with Gasteiger partial charge in [0, 0.05) is 24.7 Å². The molecule has 4 rings (SSSR count). The van der Waals surface area contributed by atoms with Crippen LogP contribution in [0.5, 0.6) is 11.5 Å². The topological polar surface area (TPSA) is 56.6 Å². The molecule has 0 spiro atoms. The van der Waals surface area contributed by atoms with E-state index in [0.29, 0.717) is 24.1 Å². The highest BCUT2D eigenvalue weighted by atomic mass is 16.5. The van der Waals surface area contributed by atoms with E-state index in [1.807, 2.05) is 24.3 Å². The van der Waals surface area contributed by atoms with Gasteiger partial charge >= 0.3 is 0 Å². The van der Waals surface area contributed by atoms with E-state index in [1.54, 1.807) is 31.0 Å². The van der Waals surface area contributed by atoms with Crippen molar-refractivity contribution in [2.45, 2.75) is 19.0 Å². The minimum Gasteiger partial charge on any atom is -0.493 e. The number of ether oxygens (including phenoxy) is 2. The molecule has 1 fully saturated rings. The fraction of sp³-hybridized carbons (Fsp3) is 0.304. The second-order valence-corrected chi connectivity index (χ2v) is 7.24. The highest BCUT2D eigenvalue weighted by Gasteiger charge is 2.24. The van der Waals surface area contributed by atoms with Crippen molar-refractivity contribution in [3.05, 3.63) is 76.6 Å². The molecule has 1 aromatic heterocycles. The Balaban J connectivity index is 1.53. The van der Waals surface area contributed by atoms with Gasteiger partial charge in [-0.1, -0.05) is 30.3 Å². The molecule has 150 valence electrons. The van der Waals surface area contributed by atoms with Gasteiger partial charge in [-0.05, 0) is 42.2 Å². The summed E-state index contributed by atoms with van der Waals surface area (Å²) in [5.74, 6) is 1.80. The van der Waals surface area contributed by atoms with Crippen LogP contribution in [-0.2, 0) is 6.67 Å². The van der Waals surface area contributed by atoms with Gasteiger partial charge < -0.3 is 9.47 Å². The Morgan fingerprint density at radius 3 is 2.55 bits per heavy atom. The number of nitrogens with zero attached hydrogens (tertiary/aromatic N) is 3. The number of rotatable bonds is 6. The predicted octanol–water partition coefficient (Wildman–Crippen LogP) is 3.37. The summed E-state index contributed by atoms with van der Waals surface area (Å²) in [4.78, 5) is 14.7. The lowest BCUT2D eigenvalue weighted by Gasteiger charge is -2.17. The van der Waals surface area contributed by atoms with Crippen LogP contribution >= 0.6 is 0 Å². The summed E-state index contributed by atoms with van der Waals surface area (Å²) in [5.41, 5.74) is 2.86. The van der Waals surface area contributed by atoms with Gasteiger partial charge in [-0.2, -0.15) is 5.10 Å². The summed E-state index contributed by atoms with van der Waals surface area (Å²) >= 11 is 0. The molecule has 2 aromatic carbocycles. The maximum atomic E-state index is 12.4. The van der Waals surface area contributed by atoms with Crippen LogP contribution < -0.4 is 15.0 Å². The van der Waals surface area contributed by atoms with Crippen LogP contribution in [0.1, 0.15) is 17.9 Å². The van der Waals surface area contributed by atoms with E-state index in [-0.39, 0.29) is 5.56 Å². The molecule has 1 atom stereocenters. The van der Waals surface area contributed by atoms with Crippen molar-refractivity contribution in [3.63, 3.8) is 0 Å². The van der Waals surface area contributed by atoms with Crippen LogP contribution in [0.3, 0.4) is 0 Å². The highest BCUT2D eigenvalue weighted by Crippen LogP contribution is 2.31. The number of likely N-dealkylation sites (tertiary alicyclic amines) is 1. The van der Waals surface area contributed by atoms with Crippen LogP contribution in [-0.4, -0.2) is 42.0 Å². The minimum absolute atomic E-state index is 0.0996. The van der Waals surface area contributed by atoms with Crippen molar-refractivity contribution >= 4 is 0 Å². The Bertz CT molecular complexity index is 1030. The van der Waals surface area contributed by atoms with Crippen molar-refractivity contribution in [2.75, 3.05) is 27.3 Å². The third-order valence-electron chi connectivity index (χ3n) is 5.42. The second-order valence-electron chi connectivity index (χ2n) is 7.24. The van der Waals surface area contributed by atoms with Crippen molar-refractivity contribution < 1.29 is 9.47 Å². The fourth-order valence-corrected chi connectivity index (χ4v) is 3.85. The smallest absolute Gasteiger partial charge is 0.268 e. The van der Waals surface area contributed by atoms with Crippen LogP contribution in [0.15, 0.2) is 65.5 Å². The molecule has 0 N–H and O–H groups in total. The van der Waals surface area contributed by atoms with E-state index < -0.39 is 0 Å². The quantitative estimate of drug-likeness (QED) is 0.645. The Morgan fingerprint density at radius 1 is 1.00 bits per heavy atom. The maximum absolute atomic E-state index is 12.4. The summed E-state index contributed by atoms with van der Waals surface area (Å²) in [5, 5.41) is 4.60. The van der Waals surface area contributed by atoms with Crippen molar-refractivity contribution in [1.82, 2.24) is 14.7 Å². The molecule has 29 heavy (non-hydrogen) atoms. The van der Waals surface area contributed by atoms with Crippen LogP contribution in [0.4, 0.5) is 0 Å². The molecule has 0 radical (unpaired) electrons. The summed E-state index contributed by atoms with van der Waals surface area (Å²) in [7, 11) is 3.21. The zero-order chi connectivity index (χ0) is 20.2. The SMILES string of the molecule is COc1ccc(-c2ccc(=O)n(CN3CC[C@H](c4ccccc4)C3)n2)cc1OC. The lowest BCUT2D eigenvalue weighted by Crippen LogP contribution is -2.32. The van der Waals surface area contributed by atoms with E-state index in [0.717, 1.165) is 30.8 Å². The van der Waals surface area contributed by atoms with Gasteiger partial charge in [-0.25, -0.2) is 4.68 Å². The molecule has 6 heteroatoms. The van der Waals surface area contributed by atoms with E-state index in [4.69, 9.17) is 9.47 Å². The van der Waals surface area contributed by atoms with Crippen LogP contribution in [0.2, 0.25) is 0 Å². The van der Waals surface area contributed by atoms with E-state index >= 15 is 0 Å². The van der Waals surface area contributed by atoms with Crippen LogP contribution in [0, 0.1) is 0 Å². The predicted molar refractivity (Wildman–Crippen MR) is 112 cm³/mol. The van der Waals surface area contributed by atoms with E-state index in [1.165, 1.54) is 5.56 Å². The van der Waals surface area contributed by atoms with Gasteiger partial charge in [0.25, 0.3) is 5.56 Å². The second kappa shape index (κ2) is 8.49. The van der Waals surface area contributed by atoms with Crippen LogP contribution in [0.25, 0.3) is 11.3 Å². The Kier molecular flexibility index (Phi) is 5.62. The fourth-order valence-electron chi connectivity index (χ4n) is 3.85. The number of hydrogen-bond donors (Lipinski definition) is 0. The van der Waals surface area contributed by atoms with Crippen molar-refractivity contribution in [3.8, 4) is 22.8 Å². The maximum Gasteiger partial charge on any atom is 0.268 e. The lowest BCUT2D eigenvalue weighted by molar-refractivity contribution is 0.246. The molecule has 1 aliphatic rings. The molecule has 6 nitrogen and oxygen atoms in total. The standard InChI is InChI=1S/C23H25N3O3/c1-28-21-10-8-18(14-22(21)29-2)20-9-11-23(27)26(24-20)16-25-13-12-19(15-25)17-6-4-3-5-7-17/h3-11,14,19H,12-13,15-16H2,1-2H3/t19-/m0/s1. The molecule has 1 aliphatic heterocycles. The molecule has 0 bridgehead atoms. The molecule has 1 saturated heterocycles. The highest BCUT2D eigenvalue weighted by molar-refractivity contribution is 5.63. The lowest BCUT2D eigenvalue weighted by atomic mass is 9.99. The van der Waals surface area contributed by atoms with Gasteiger partial charge in [0.1, 0.15) is 0 Å². The summed E-state index contributed by atoms with van der Waals surface area (Å²) in [6.45, 7) is 2.37. The molecule has 3 aromatic rings. The summed E-state index contributed by atoms with van der Waals surface area (Å²) < 4.78 is 12.2. The van der Waals surface area contributed by atoms with Gasteiger partial charge in [0.15, 0.2) is 11.5 Å². The third kappa shape index (κ3) is 4.17. The number of benzene rings is 2. The summed E-state index contributed by atoms with van der Waals surface area (Å²) in [6.07, 6.45) is 1.09. The molecule has 0 saturated carbocycles. The van der Waals surface area contributed by atoms with E-state index in [9.17, 15) is 4.79 Å². The summed E-state index contributed by atoms with van der Waals surface area (Å²) in [6, 6.07) is 19.5. The molecule has 0 unspecified atom stereocenters. The first-order chi connectivity index (χ1) is 14.2. The number of methoxy groups -OCH3 is 2. The first-order valence-electron chi connectivity index (χ1n) is 9.76. The first kappa shape index (κ1) is 19.2. The average molecular weight is 391 g/mol. The number of aromatic nitrogens is 2. The Morgan fingerprint density at radius 2 is 1.79 bits per heavy atom. The average Bonchev–Trinajstić information content (AvgIpc) is 3.24. The zero-order valence-electron chi connectivity index (χ0n) is 16.7. The van der Waals surface area contributed by atoms with Crippen molar-refractivity contribution in [2.24, 2.45) is 0 Å². The van der Waals surface area contributed by atoms with Gasteiger partial charge in [0.05, 0.1) is 26.6 Å². The molecule has 0 aliphatic carbocycles. The third-order valence-corrected chi connectivity index (χ3v) is 5.42. The Hall–Kier alpha value is -3.12. The number of hydrogen-bond acceptors (Lipinski definition) is 5. The van der Waals surface area contributed by atoms with Gasteiger partial charge in [-0.15, -0.1) is 0 Å². The first-order valence-corrected chi connectivity index (χ1v) is 9.76.